The lowest BCUT2D eigenvalue weighted by Gasteiger charge is -2.37. The summed E-state index contributed by atoms with van der Waals surface area (Å²) in [6.07, 6.45) is 2.63. The van der Waals surface area contributed by atoms with Crippen LogP contribution in [0.25, 0.3) is 0 Å². The van der Waals surface area contributed by atoms with E-state index in [4.69, 9.17) is 0 Å². The zero-order valence-corrected chi connectivity index (χ0v) is 11.8. The first-order chi connectivity index (χ1) is 8.77. The van der Waals surface area contributed by atoms with Gasteiger partial charge >= 0.3 is 12.0 Å². The van der Waals surface area contributed by atoms with Crippen molar-refractivity contribution in [1.29, 1.82) is 0 Å². The Kier molecular flexibility index (Phi) is 5.17. The fraction of sp³-hybridized carbons (Fsp3) is 0.846. The molecule has 2 atom stereocenters. The summed E-state index contributed by atoms with van der Waals surface area (Å²) in [5.74, 6) is -1.04. The number of aliphatic carboxylic acids is 1. The second kappa shape index (κ2) is 6.23. The van der Waals surface area contributed by atoms with Gasteiger partial charge in [0.2, 0.25) is 0 Å². The average Bonchev–Trinajstić information content (AvgIpc) is 2.33. The molecule has 1 aliphatic heterocycles. The van der Waals surface area contributed by atoms with Gasteiger partial charge in [-0.15, -0.1) is 0 Å². The van der Waals surface area contributed by atoms with Crippen molar-refractivity contribution in [2.75, 3.05) is 13.2 Å². The number of hydrogen-bond donors (Lipinski definition) is 3. The minimum atomic E-state index is -1.04. The lowest BCUT2D eigenvalue weighted by molar-refractivity contribution is -0.142. The Bertz CT molecular complexity index is 338. The number of nitrogens with one attached hydrogen (secondary N) is 1. The molecule has 1 rings (SSSR count). The number of carbonyl (C=O) groups is 2. The number of rotatable bonds is 3. The first-order valence-corrected chi connectivity index (χ1v) is 6.68. The van der Waals surface area contributed by atoms with Crippen molar-refractivity contribution in [2.24, 2.45) is 5.41 Å². The molecule has 1 fully saturated rings. The Hall–Kier alpha value is -1.30. The van der Waals surface area contributed by atoms with Crippen molar-refractivity contribution in [2.45, 2.75) is 52.1 Å². The summed E-state index contributed by atoms with van der Waals surface area (Å²) in [5.41, 5.74) is -0.564. The van der Waals surface area contributed by atoms with Gasteiger partial charge in [0, 0.05) is 6.54 Å². The van der Waals surface area contributed by atoms with Crippen molar-refractivity contribution < 1.29 is 19.8 Å². The molecule has 110 valence electrons. The van der Waals surface area contributed by atoms with Crippen molar-refractivity contribution in [3.8, 4) is 0 Å². The number of aliphatic hydroxyl groups is 1. The molecule has 0 aromatic heterocycles. The third-order valence-electron chi connectivity index (χ3n) is 3.48. The van der Waals surface area contributed by atoms with Gasteiger partial charge in [-0.1, -0.05) is 20.8 Å². The van der Waals surface area contributed by atoms with Crippen LogP contribution < -0.4 is 5.32 Å². The molecule has 0 spiro atoms. The van der Waals surface area contributed by atoms with E-state index in [1.165, 1.54) is 0 Å². The summed E-state index contributed by atoms with van der Waals surface area (Å²) >= 11 is 0. The van der Waals surface area contributed by atoms with Gasteiger partial charge < -0.3 is 20.4 Å². The van der Waals surface area contributed by atoms with E-state index in [0.29, 0.717) is 6.54 Å². The highest BCUT2D eigenvalue weighted by atomic mass is 16.4. The van der Waals surface area contributed by atoms with E-state index in [1.807, 2.05) is 0 Å². The summed E-state index contributed by atoms with van der Waals surface area (Å²) in [6, 6.07) is -1.55. The van der Waals surface area contributed by atoms with Crippen molar-refractivity contribution >= 4 is 12.0 Å². The number of aliphatic hydroxyl groups excluding tert-OH is 1. The van der Waals surface area contributed by atoms with Crippen molar-refractivity contribution in [3.63, 3.8) is 0 Å². The summed E-state index contributed by atoms with van der Waals surface area (Å²) in [4.78, 5) is 24.9. The Labute approximate surface area is 113 Å². The highest BCUT2D eigenvalue weighted by Gasteiger charge is 2.35. The molecule has 0 saturated carbocycles. The molecule has 0 aromatic rings. The molecule has 2 unspecified atom stereocenters. The molecule has 2 amide bonds. The minimum absolute atomic E-state index is 0.0827. The van der Waals surface area contributed by atoms with Crippen molar-refractivity contribution in [1.82, 2.24) is 10.2 Å². The normalized spacial score (nSPS) is 21.9. The molecule has 1 aliphatic rings. The minimum Gasteiger partial charge on any atom is -0.480 e. The van der Waals surface area contributed by atoms with Crippen LogP contribution in [0.4, 0.5) is 4.79 Å². The summed E-state index contributed by atoms with van der Waals surface area (Å²) in [7, 11) is 0. The fourth-order valence-electron chi connectivity index (χ4n) is 2.31. The SMILES string of the molecule is CC(C)(C)C(NC(=O)N1CCCCC1CO)C(=O)O. The largest absolute Gasteiger partial charge is 0.480 e. The average molecular weight is 272 g/mol. The van der Waals surface area contributed by atoms with Gasteiger partial charge in [-0.2, -0.15) is 0 Å². The number of carbonyl (C=O) groups excluding carboxylic acids is 1. The molecular formula is C13H24N2O4. The quantitative estimate of drug-likeness (QED) is 0.716. The predicted octanol–water partition coefficient (Wildman–Crippen LogP) is 1.04. The molecule has 19 heavy (non-hydrogen) atoms. The van der Waals surface area contributed by atoms with Crippen LogP contribution in [0.3, 0.4) is 0 Å². The summed E-state index contributed by atoms with van der Waals surface area (Å²) in [5, 5.41) is 21.0. The number of amides is 2. The van der Waals surface area contributed by atoms with Gasteiger partial charge in [-0.25, -0.2) is 9.59 Å². The van der Waals surface area contributed by atoms with Gasteiger partial charge in [0.25, 0.3) is 0 Å². The standard InChI is InChI=1S/C13H24N2O4/c1-13(2,3)10(11(17)18)14-12(19)15-7-5-4-6-9(15)8-16/h9-10,16H,4-8H2,1-3H3,(H,14,19)(H,17,18). The smallest absolute Gasteiger partial charge is 0.326 e. The Balaban J connectivity index is 2.73. The monoisotopic (exact) mass is 272 g/mol. The highest BCUT2D eigenvalue weighted by molar-refractivity contribution is 5.83. The van der Waals surface area contributed by atoms with Crippen LogP contribution in [0.1, 0.15) is 40.0 Å². The van der Waals surface area contributed by atoms with Gasteiger partial charge in [0.15, 0.2) is 0 Å². The van der Waals surface area contributed by atoms with Crippen LogP contribution in [0.15, 0.2) is 0 Å². The molecule has 3 N–H and O–H groups in total. The fourth-order valence-corrected chi connectivity index (χ4v) is 2.31. The number of carboxylic acids is 1. The molecule has 0 bridgehead atoms. The molecule has 1 saturated heterocycles. The van der Waals surface area contributed by atoms with Gasteiger partial charge in [0.1, 0.15) is 6.04 Å². The van der Waals surface area contributed by atoms with Crippen LogP contribution in [0.5, 0.6) is 0 Å². The summed E-state index contributed by atoms with van der Waals surface area (Å²) < 4.78 is 0. The Morgan fingerprint density at radius 2 is 2.00 bits per heavy atom. The maximum Gasteiger partial charge on any atom is 0.326 e. The van der Waals surface area contributed by atoms with E-state index in [2.05, 4.69) is 5.32 Å². The molecule has 1 heterocycles. The van der Waals surface area contributed by atoms with E-state index in [-0.39, 0.29) is 12.6 Å². The number of piperidine rings is 1. The number of carboxylic acid groups (broad SMARTS) is 1. The molecule has 6 nitrogen and oxygen atoms in total. The van der Waals surface area contributed by atoms with Crippen LogP contribution in [0.2, 0.25) is 0 Å². The van der Waals surface area contributed by atoms with Crippen molar-refractivity contribution in [3.05, 3.63) is 0 Å². The molecule has 0 radical (unpaired) electrons. The first kappa shape index (κ1) is 15.8. The molecular weight excluding hydrogens is 248 g/mol. The van der Waals surface area contributed by atoms with Crippen LogP contribution in [-0.2, 0) is 4.79 Å². The van der Waals surface area contributed by atoms with E-state index >= 15 is 0 Å². The van der Waals surface area contributed by atoms with E-state index in [0.717, 1.165) is 19.3 Å². The Morgan fingerprint density at radius 3 is 2.47 bits per heavy atom. The van der Waals surface area contributed by atoms with E-state index in [1.54, 1.807) is 25.7 Å². The predicted molar refractivity (Wildman–Crippen MR) is 70.8 cm³/mol. The zero-order chi connectivity index (χ0) is 14.6. The first-order valence-electron chi connectivity index (χ1n) is 6.68. The zero-order valence-electron chi connectivity index (χ0n) is 11.8. The van der Waals surface area contributed by atoms with Gasteiger partial charge in [-0.3, -0.25) is 0 Å². The van der Waals surface area contributed by atoms with Crippen LogP contribution in [-0.4, -0.2) is 52.3 Å². The highest BCUT2D eigenvalue weighted by Crippen LogP contribution is 2.21. The third kappa shape index (κ3) is 4.09. The lowest BCUT2D eigenvalue weighted by atomic mass is 9.87. The van der Waals surface area contributed by atoms with E-state index in [9.17, 15) is 19.8 Å². The maximum absolute atomic E-state index is 12.2. The number of likely N-dealkylation sites (tertiary alicyclic amines) is 1. The Morgan fingerprint density at radius 1 is 1.37 bits per heavy atom. The third-order valence-corrected chi connectivity index (χ3v) is 3.48. The van der Waals surface area contributed by atoms with Gasteiger partial charge in [0.05, 0.1) is 12.6 Å². The summed E-state index contributed by atoms with van der Waals surface area (Å²) in [6.45, 7) is 5.79. The van der Waals surface area contributed by atoms with Crippen LogP contribution >= 0.6 is 0 Å². The number of nitrogens with zero attached hydrogens (tertiary/aromatic N) is 1. The lowest BCUT2D eigenvalue weighted by Crippen LogP contribution is -2.57. The van der Waals surface area contributed by atoms with E-state index < -0.39 is 23.5 Å². The second-order valence-electron chi connectivity index (χ2n) is 6.11. The molecule has 0 aromatic carbocycles. The maximum atomic E-state index is 12.2. The number of urea groups is 1. The second-order valence-corrected chi connectivity index (χ2v) is 6.11. The topological polar surface area (TPSA) is 89.9 Å². The van der Waals surface area contributed by atoms with Crippen LogP contribution in [0, 0.1) is 5.41 Å². The molecule has 0 aliphatic carbocycles. The molecule has 6 heteroatoms. The van der Waals surface area contributed by atoms with Gasteiger partial charge in [-0.05, 0) is 24.7 Å². The number of hydrogen-bond acceptors (Lipinski definition) is 3.